The molecule has 1 N–H and O–H groups in total. The van der Waals surface area contributed by atoms with Crippen molar-refractivity contribution >= 4 is 17.9 Å². The number of benzene rings is 2. The van der Waals surface area contributed by atoms with Gasteiger partial charge in [0.1, 0.15) is 6.29 Å². The van der Waals surface area contributed by atoms with Crippen LogP contribution in [0.5, 0.6) is 0 Å². The van der Waals surface area contributed by atoms with E-state index in [1.165, 1.54) is 44.9 Å². The van der Waals surface area contributed by atoms with Gasteiger partial charge in [-0.05, 0) is 12.8 Å². The smallest absolute Gasteiger partial charge is 0.168 e. The summed E-state index contributed by atoms with van der Waals surface area (Å²) in [7, 11) is 0. The van der Waals surface area contributed by atoms with Gasteiger partial charge in [0.2, 0.25) is 0 Å². The van der Waals surface area contributed by atoms with Crippen molar-refractivity contribution in [2.24, 2.45) is 5.92 Å². The first-order valence-electron chi connectivity index (χ1n) is 14.7. The Hall–Kier alpha value is -2.59. The summed E-state index contributed by atoms with van der Waals surface area (Å²) in [6.45, 7) is 8.08. The molecule has 2 atom stereocenters. The lowest BCUT2D eigenvalue weighted by atomic mass is 9.91. The van der Waals surface area contributed by atoms with Gasteiger partial charge in [-0.25, -0.2) is 0 Å². The van der Waals surface area contributed by atoms with Gasteiger partial charge >= 0.3 is 0 Å². The second kappa shape index (κ2) is 24.7. The molecular formula is C34H52O4. The molecule has 38 heavy (non-hydrogen) atoms. The van der Waals surface area contributed by atoms with Crippen LogP contribution in [0.15, 0.2) is 60.7 Å². The van der Waals surface area contributed by atoms with E-state index in [1.807, 2.05) is 74.5 Å². The average molecular weight is 525 g/mol. The standard InChI is InChI=1S/C17H26O2.C9H10O.C8H16O/c1-3-4-5-6-10-13-16(18)14(2)17(19)15-11-8-7-9-12-15;1-2-9(10)8-6-4-3-5-7-8;1-2-3-4-5-6-7-8-9/h7-9,11-12,14,16,18H,3-6,10,13H2,1-2H3;3-7H,2H2,1H3;8H,2-7H2,1H3/t14-,16+;;/m1../s1. The van der Waals surface area contributed by atoms with Gasteiger partial charge in [-0.3, -0.25) is 9.59 Å². The Morgan fingerprint density at radius 3 is 1.66 bits per heavy atom. The molecule has 0 amide bonds. The molecule has 0 spiro atoms. The van der Waals surface area contributed by atoms with Gasteiger partial charge in [0.05, 0.1) is 6.10 Å². The number of unbranched alkanes of at least 4 members (excludes halogenated alkanes) is 9. The molecule has 0 radical (unpaired) electrons. The first-order chi connectivity index (χ1) is 18.4. The molecule has 0 unspecified atom stereocenters. The zero-order valence-electron chi connectivity index (χ0n) is 24.4. The van der Waals surface area contributed by atoms with Gasteiger partial charge in [0, 0.05) is 29.9 Å². The molecule has 0 saturated carbocycles. The van der Waals surface area contributed by atoms with E-state index in [4.69, 9.17) is 0 Å². The summed E-state index contributed by atoms with van der Waals surface area (Å²) in [6, 6.07) is 18.6. The molecule has 2 aromatic carbocycles. The summed E-state index contributed by atoms with van der Waals surface area (Å²) >= 11 is 0. The van der Waals surface area contributed by atoms with E-state index in [0.29, 0.717) is 12.0 Å². The van der Waals surface area contributed by atoms with Crippen molar-refractivity contribution in [1.29, 1.82) is 0 Å². The maximum atomic E-state index is 12.2. The molecule has 0 heterocycles. The summed E-state index contributed by atoms with van der Waals surface area (Å²) in [5.41, 5.74) is 1.50. The van der Waals surface area contributed by atoms with Crippen LogP contribution in [-0.2, 0) is 4.79 Å². The Morgan fingerprint density at radius 2 is 1.18 bits per heavy atom. The van der Waals surface area contributed by atoms with Gasteiger partial charge in [0.25, 0.3) is 0 Å². The van der Waals surface area contributed by atoms with Crippen LogP contribution in [0.1, 0.15) is 132 Å². The highest BCUT2D eigenvalue weighted by Gasteiger charge is 2.22. The summed E-state index contributed by atoms with van der Waals surface area (Å²) in [5, 5.41) is 10.1. The third-order valence-corrected chi connectivity index (χ3v) is 6.49. The third kappa shape index (κ3) is 17.8. The highest BCUT2D eigenvalue weighted by atomic mass is 16.3. The lowest BCUT2D eigenvalue weighted by molar-refractivity contribution is -0.107. The normalized spacial score (nSPS) is 11.7. The number of ketones is 2. The van der Waals surface area contributed by atoms with Crippen LogP contribution in [0.2, 0.25) is 0 Å². The predicted molar refractivity (Wildman–Crippen MR) is 160 cm³/mol. The Morgan fingerprint density at radius 1 is 0.711 bits per heavy atom. The fraction of sp³-hybridized carbons (Fsp3) is 0.559. The topological polar surface area (TPSA) is 71.4 Å². The first-order valence-corrected chi connectivity index (χ1v) is 14.7. The maximum absolute atomic E-state index is 12.2. The molecule has 0 fully saturated rings. The van der Waals surface area contributed by atoms with Crippen molar-refractivity contribution in [2.45, 2.75) is 117 Å². The van der Waals surface area contributed by atoms with Gasteiger partial charge in [0.15, 0.2) is 11.6 Å². The molecule has 0 saturated heterocycles. The number of aliphatic hydroxyl groups excluding tert-OH is 1. The zero-order valence-corrected chi connectivity index (χ0v) is 24.4. The molecule has 0 aliphatic carbocycles. The number of aliphatic hydroxyl groups is 1. The van der Waals surface area contributed by atoms with Gasteiger partial charge in [-0.2, -0.15) is 0 Å². The summed E-state index contributed by atoms with van der Waals surface area (Å²) in [5.74, 6) is -0.0594. The number of carbonyl (C=O) groups is 3. The van der Waals surface area contributed by atoms with Crippen LogP contribution in [0.25, 0.3) is 0 Å². The van der Waals surface area contributed by atoms with Crippen LogP contribution >= 0.6 is 0 Å². The summed E-state index contributed by atoms with van der Waals surface area (Å²) < 4.78 is 0. The average Bonchev–Trinajstić information content (AvgIpc) is 2.97. The van der Waals surface area contributed by atoms with Gasteiger partial charge in [-0.1, -0.05) is 146 Å². The molecule has 0 aromatic heterocycles. The van der Waals surface area contributed by atoms with Crippen molar-refractivity contribution in [3.05, 3.63) is 71.8 Å². The minimum Gasteiger partial charge on any atom is -0.392 e. The second-order valence-electron chi connectivity index (χ2n) is 9.80. The Labute approximate surface area is 232 Å². The van der Waals surface area contributed by atoms with Crippen LogP contribution in [-0.4, -0.2) is 29.1 Å². The van der Waals surface area contributed by atoms with E-state index in [9.17, 15) is 19.5 Å². The van der Waals surface area contributed by atoms with E-state index in [2.05, 4.69) is 13.8 Å². The quantitative estimate of drug-likeness (QED) is 0.127. The summed E-state index contributed by atoms with van der Waals surface area (Å²) in [6.07, 6.45) is 14.6. The number of hydrogen-bond acceptors (Lipinski definition) is 4. The van der Waals surface area contributed by atoms with E-state index in [-0.39, 0.29) is 17.5 Å². The molecular weight excluding hydrogens is 472 g/mol. The van der Waals surface area contributed by atoms with Crippen LogP contribution in [0.3, 0.4) is 0 Å². The van der Waals surface area contributed by atoms with Crippen molar-refractivity contribution in [2.75, 3.05) is 0 Å². The number of rotatable bonds is 17. The maximum Gasteiger partial charge on any atom is 0.168 e. The molecule has 212 valence electrons. The third-order valence-electron chi connectivity index (χ3n) is 6.49. The number of hydrogen-bond donors (Lipinski definition) is 1. The van der Waals surface area contributed by atoms with Crippen molar-refractivity contribution < 1.29 is 19.5 Å². The minimum absolute atomic E-state index is 0.0432. The fourth-order valence-electron chi connectivity index (χ4n) is 3.91. The molecule has 0 aliphatic heterocycles. The number of aldehydes is 1. The molecule has 2 rings (SSSR count). The van der Waals surface area contributed by atoms with Crippen LogP contribution in [0, 0.1) is 5.92 Å². The van der Waals surface area contributed by atoms with Gasteiger partial charge in [-0.15, -0.1) is 0 Å². The molecule has 4 nitrogen and oxygen atoms in total. The number of carbonyl (C=O) groups excluding carboxylic acids is 3. The van der Waals surface area contributed by atoms with E-state index < -0.39 is 6.10 Å². The van der Waals surface area contributed by atoms with Crippen molar-refractivity contribution in [3.63, 3.8) is 0 Å². The summed E-state index contributed by atoms with van der Waals surface area (Å²) in [4.78, 5) is 33.0. The zero-order chi connectivity index (χ0) is 28.4. The Kier molecular flexibility index (Phi) is 23.0. The second-order valence-corrected chi connectivity index (χ2v) is 9.80. The number of Topliss-reactive ketones (excluding diaryl/α,β-unsaturated/α-hetero) is 2. The highest BCUT2D eigenvalue weighted by molar-refractivity contribution is 5.98. The van der Waals surface area contributed by atoms with Crippen LogP contribution in [0.4, 0.5) is 0 Å². The lowest BCUT2D eigenvalue weighted by Crippen LogP contribution is -2.25. The van der Waals surface area contributed by atoms with E-state index in [1.54, 1.807) is 0 Å². The fourth-order valence-corrected chi connectivity index (χ4v) is 3.91. The van der Waals surface area contributed by atoms with Crippen molar-refractivity contribution in [3.8, 4) is 0 Å². The molecule has 4 heteroatoms. The monoisotopic (exact) mass is 524 g/mol. The molecule has 0 bridgehead atoms. The predicted octanol–water partition coefficient (Wildman–Crippen LogP) is 9.05. The largest absolute Gasteiger partial charge is 0.392 e. The van der Waals surface area contributed by atoms with E-state index in [0.717, 1.165) is 44.0 Å². The van der Waals surface area contributed by atoms with Crippen LogP contribution < -0.4 is 0 Å². The molecule has 2 aromatic rings. The SMILES string of the molecule is CCC(=O)c1ccccc1.CCCCCCCC=O.CCCCCCC[C@H](O)[C@@H](C)C(=O)c1ccccc1. The van der Waals surface area contributed by atoms with Gasteiger partial charge < -0.3 is 9.90 Å². The Bertz CT molecular complexity index is 832. The van der Waals surface area contributed by atoms with E-state index >= 15 is 0 Å². The Balaban J connectivity index is 0.000000604. The minimum atomic E-state index is -0.519. The lowest BCUT2D eigenvalue weighted by Gasteiger charge is -2.17. The van der Waals surface area contributed by atoms with Crippen molar-refractivity contribution in [1.82, 2.24) is 0 Å². The first kappa shape index (κ1) is 35.4. The highest BCUT2D eigenvalue weighted by Crippen LogP contribution is 2.17. The molecule has 0 aliphatic rings.